The number of aliphatic hydroxyl groups excluding tert-OH is 1. The predicted octanol–water partition coefficient (Wildman–Crippen LogP) is 3.97. The number of hydrogen-bond donors (Lipinski definition) is 2. The summed E-state index contributed by atoms with van der Waals surface area (Å²) in [5.74, 6) is 0.608. The van der Waals surface area contributed by atoms with Crippen molar-refractivity contribution in [2.45, 2.75) is 94.7 Å². The SMILES string of the molecule is C=CC1CC(=O)CC2(CCN(C(=O)OCc3ccccc3)CC2)O1.CCC1CC(=O)CC2(CCNCC2)O1.CO. The quantitative estimate of drug-likeness (QED) is 0.534. The van der Waals surface area contributed by atoms with Gasteiger partial charge in [-0.1, -0.05) is 43.3 Å². The summed E-state index contributed by atoms with van der Waals surface area (Å²) in [7, 11) is 1.00. The van der Waals surface area contributed by atoms with Crippen LogP contribution in [0.5, 0.6) is 0 Å². The van der Waals surface area contributed by atoms with E-state index in [1.54, 1.807) is 11.0 Å². The lowest BCUT2D eigenvalue weighted by atomic mass is 9.82. The molecule has 4 aliphatic heterocycles. The van der Waals surface area contributed by atoms with E-state index in [2.05, 4.69) is 18.8 Å². The average Bonchev–Trinajstić information content (AvgIpc) is 2.97. The molecule has 1 aromatic carbocycles. The van der Waals surface area contributed by atoms with Crippen LogP contribution in [0.2, 0.25) is 0 Å². The molecule has 1 aromatic rings. The number of piperidine rings is 2. The first kappa shape index (κ1) is 31.9. The maximum absolute atomic E-state index is 12.2. The minimum Gasteiger partial charge on any atom is -0.445 e. The molecule has 0 radical (unpaired) electrons. The molecule has 4 heterocycles. The van der Waals surface area contributed by atoms with E-state index in [-0.39, 0.29) is 36.3 Å². The largest absolute Gasteiger partial charge is 0.445 e. The Hall–Kier alpha value is -2.59. The molecule has 0 saturated carbocycles. The van der Waals surface area contributed by atoms with Gasteiger partial charge in [-0.3, -0.25) is 9.59 Å². The summed E-state index contributed by atoms with van der Waals surface area (Å²) >= 11 is 0. The second-order valence-electron chi connectivity index (χ2n) is 11.0. The molecule has 2 atom stereocenters. The maximum atomic E-state index is 12.2. The van der Waals surface area contributed by atoms with Crippen LogP contribution in [-0.4, -0.2) is 84.4 Å². The number of nitrogens with zero attached hydrogens (tertiary/aromatic N) is 1. The minimum atomic E-state index is -0.440. The predicted molar refractivity (Wildman–Crippen MR) is 152 cm³/mol. The van der Waals surface area contributed by atoms with Crippen LogP contribution in [-0.2, 0) is 30.4 Å². The lowest BCUT2D eigenvalue weighted by molar-refractivity contribution is -0.162. The smallest absolute Gasteiger partial charge is 0.410 e. The van der Waals surface area contributed by atoms with E-state index in [0.29, 0.717) is 57.4 Å². The third-order valence-corrected chi connectivity index (χ3v) is 8.11. The van der Waals surface area contributed by atoms with Crippen molar-refractivity contribution in [3.8, 4) is 0 Å². The fourth-order valence-corrected chi connectivity index (χ4v) is 5.92. The van der Waals surface area contributed by atoms with Gasteiger partial charge in [-0.2, -0.15) is 0 Å². The number of rotatable bonds is 4. The summed E-state index contributed by atoms with van der Waals surface area (Å²) in [4.78, 5) is 37.5. The van der Waals surface area contributed by atoms with Crippen LogP contribution in [0, 0.1) is 0 Å². The molecule has 9 heteroatoms. The molecule has 2 spiro atoms. The number of benzene rings is 1. The molecular formula is C31H46N2O7. The fraction of sp³-hybridized carbons (Fsp3) is 0.645. The van der Waals surface area contributed by atoms with E-state index >= 15 is 0 Å². The standard InChI is InChI=1S/C19H23NO4.C11H19NO2.CH4O/c1-2-17-12-16(21)13-19(24-17)8-10-20(11-9-19)18(22)23-14-15-6-4-3-5-7-15;1-2-10-7-9(13)8-11(14-10)3-5-12-6-4-11;1-2/h2-7,17H,1,8-14H2;10,12H,2-8H2,1H3;2H,1H3. The van der Waals surface area contributed by atoms with Gasteiger partial charge in [0.25, 0.3) is 0 Å². The zero-order valence-corrected chi connectivity index (χ0v) is 24.1. The monoisotopic (exact) mass is 558 g/mol. The molecule has 2 N–H and O–H groups in total. The molecule has 2 unspecified atom stereocenters. The topological polar surface area (TPSA) is 114 Å². The Morgan fingerprint density at radius 3 is 2.23 bits per heavy atom. The summed E-state index contributed by atoms with van der Waals surface area (Å²) in [5.41, 5.74) is 0.417. The molecule has 5 rings (SSSR count). The molecule has 9 nitrogen and oxygen atoms in total. The van der Waals surface area contributed by atoms with E-state index in [0.717, 1.165) is 45.0 Å². The first-order chi connectivity index (χ1) is 19.3. The Bertz CT molecular complexity index is 969. The fourth-order valence-electron chi connectivity index (χ4n) is 5.92. The van der Waals surface area contributed by atoms with Gasteiger partial charge in [0.2, 0.25) is 0 Å². The van der Waals surface area contributed by atoms with Crippen LogP contribution in [0.1, 0.15) is 70.3 Å². The normalized spacial score (nSPS) is 25.2. The van der Waals surface area contributed by atoms with Crippen molar-refractivity contribution in [1.82, 2.24) is 10.2 Å². The number of hydrogen-bond acceptors (Lipinski definition) is 8. The zero-order valence-electron chi connectivity index (χ0n) is 24.1. The van der Waals surface area contributed by atoms with Crippen molar-refractivity contribution in [2.24, 2.45) is 0 Å². The Kier molecular flexibility index (Phi) is 12.3. The Balaban J connectivity index is 0.000000234. The molecule has 222 valence electrons. The highest BCUT2D eigenvalue weighted by atomic mass is 16.6. The van der Waals surface area contributed by atoms with E-state index < -0.39 is 5.60 Å². The highest BCUT2D eigenvalue weighted by molar-refractivity contribution is 5.81. The van der Waals surface area contributed by atoms with Gasteiger partial charge >= 0.3 is 6.09 Å². The number of ketones is 2. The number of carbonyl (C=O) groups is 3. The van der Waals surface area contributed by atoms with Crippen molar-refractivity contribution in [3.05, 3.63) is 48.6 Å². The van der Waals surface area contributed by atoms with Crippen molar-refractivity contribution in [1.29, 1.82) is 0 Å². The molecule has 4 fully saturated rings. The Labute approximate surface area is 238 Å². The van der Waals surface area contributed by atoms with Crippen LogP contribution >= 0.6 is 0 Å². The van der Waals surface area contributed by atoms with Crippen molar-refractivity contribution in [2.75, 3.05) is 33.3 Å². The molecule has 1 amide bonds. The molecule has 0 aromatic heterocycles. The number of nitrogens with one attached hydrogen (secondary N) is 1. The number of ether oxygens (including phenoxy) is 3. The van der Waals surface area contributed by atoms with Gasteiger partial charge < -0.3 is 29.5 Å². The van der Waals surface area contributed by atoms with Gasteiger partial charge in [-0.25, -0.2) is 4.79 Å². The molecular weight excluding hydrogens is 512 g/mol. The van der Waals surface area contributed by atoms with Crippen molar-refractivity contribution in [3.63, 3.8) is 0 Å². The van der Waals surface area contributed by atoms with Gasteiger partial charge in [0.1, 0.15) is 18.2 Å². The summed E-state index contributed by atoms with van der Waals surface area (Å²) in [6.07, 6.45) is 7.74. The first-order valence-electron chi connectivity index (χ1n) is 14.5. The third-order valence-electron chi connectivity index (χ3n) is 8.11. The summed E-state index contributed by atoms with van der Waals surface area (Å²) in [5, 5.41) is 10.3. The van der Waals surface area contributed by atoms with E-state index in [1.165, 1.54) is 0 Å². The zero-order chi connectivity index (χ0) is 29.0. The number of amides is 1. The number of aliphatic hydroxyl groups is 1. The van der Waals surface area contributed by atoms with Gasteiger partial charge in [0.15, 0.2) is 0 Å². The second kappa shape index (κ2) is 15.4. The minimum absolute atomic E-state index is 0.110. The highest BCUT2D eigenvalue weighted by Crippen LogP contribution is 2.37. The summed E-state index contributed by atoms with van der Waals surface area (Å²) < 4.78 is 17.5. The molecule has 4 saturated heterocycles. The van der Waals surface area contributed by atoms with Crippen molar-refractivity contribution >= 4 is 17.7 Å². The van der Waals surface area contributed by atoms with Crippen LogP contribution in [0.4, 0.5) is 4.79 Å². The van der Waals surface area contributed by atoms with Crippen molar-refractivity contribution < 1.29 is 33.7 Å². The summed E-state index contributed by atoms with van der Waals surface area (Å²) in [6.45, 7) is 9.17. The van der Waals surface area contributed by atoms with E-state index in [9.17, 15) is 14.4 Å². The van der Waals surface area contributed by atoms with Crippen LogP contribution in [0.15, 0.2) is 43.0 Å². The lowest BCUT2D eigenvalue weighted by Crippen LogP contribution is -2.52. The first-order valence-corrected chi connectivity index (χ1v) is 14.5. The Morgan fingerprint density at radius 2 is 1.62 bits per heavy atom. The molecule has 4 aliphatic rings. The Morgan fingerprint density at radius 1 is 1.02 bits per heavy atom. The molecule has 0 bridgehead atoms. The highest BCUT2D eigenvalue weighted by Gasteiger charge is 2.44. The lowest BCUT2D eigenvalue weighted by Gasteiger charge is -2.45. The number of likely N-dealkylation sites (tertiary alicyclic amines) is 1. The summed E-state index contributed by atoms with van der Waals surface area (Å²) in [6, 6.07) is 9.62. The molecule has 0 aliphatic carbocycles. The van der Waals surface area contributed by atoms with E-state index in [1.807, 2.05) is 30.3 Å². The van der Waals surface area contributed by atoms with Crippen LogP contribution in [0.3, 0.4) is 0 Å². The number of carbonyl (C=O) groups excluding carboxylic acids is 3. The average molecular weight is 559 g/mol. The van der Waals surface area contributed by atoms with Gasteiger partial charge in [0, 0.05) is 45.9 Å². The van der Waals surface area contributed by atoms with Crippen LogP contribution < -0.4 is 5.32 Å². The second-order valence-corrected chi connectivity index (χ2v) is 11.0. The van der Waals surface area contributed by atoms with Gasteiger partial charge in [-0.15, -0.1) is 6.58 Å². The van der Waals surface area contributed by atoms with E-state index in [4.69, 9.17) is 19.3 Å². The van der Waals surface area contributed by atoms with Gasteiger partial charge in [-0.05, 0) is 50.8 Å². The molecule has 40 heavy (non-hydrogen) atoms. The third kappa shape index (κ3) is 8.96. The maximum Gasteiger partial charge on any atom is 0.410 e. The number of Topliss-reactive ketones (excluding diaryl/α,β-unsaturated/α-hetero) is 2. The van der Waals surface area contributed by atoms with Gasteiger partial charge in [0.05, 0.1) is 23.4 Å². The van der Waals surface area contributed by atoms with Crippen LogP contribution in [0.25, 0.3) is 0 Å².